The summed E-state index contributed by atoms with van der Waals surface area (Å²) in [5.41, 5.74) is 0. The maximum absolute atomic E-state index is 8.43. The van der Waals surface area contributed by atoms with Crippen LogP contribution in [0.25, 0.3) is 0 Å². The van der Waals surface area contributed by atoms with Gasteiger partial charge in [-0.05, 0) is 13.8 Å². The van der Waals surface area contributed by atoms with Crippen molar-refractivity contribution in [1.82, 2.24) is 0 Å². The lowest BCUT2D eigenvalue weighted by Gasteiger charge is -1.97. The van der Waals surface area contributed by atoms with Crippen molar-refractivity contribution >= 4 is 0 Å². The monoisotopic (exact) mass is 132 g/mol. The topological polar surface area (TPSA) is 29.5 Å². The van der Waals surface area contributed by atoms with Crippen LogP contribution in [0.5, 0.6) is 0 Å². The van der Waals surface area contributed by atoms with Crippen LogP contribution in [0.2, 0.25) is 0 Å². The lowest BCUT2D eigenvalue weighted by atomic mass is 10.5. The SMILES string of the molecule is C=CC.COCC(C)O. The highest BCUT2D eigenvalue weighted by atomic mass is 16.5. The molecule has 0 amide bonds. The van der Waals surface area contributed by atoms with Crippen molar-refractivity contribution in [3.05, 3.63) is 12.7 Å². The second kappa shape index (κ2) is 10.6. The molecule has 0 rings (SSSR count). The van der Waals surface area contributed by atoms with Crippen LogP contribution < -0.4 is 0 Å². The van der Waals surface area contributed by atoms with Crippen molar-refractivity contribution in [2.45, 2.75) is 20.0 Å². The number of aliphatic hydroxyl groups is 1. The molecule has 0 aromatic heterocycles. The van der Waals surface area contributed by atoms with Gasteiger partial charge in [0.2, 0.25) is 0 Å². The van der Waals surface area contributed by atoms with Crippen LogP contribution in [-0.4, -0.2) is 24.9 Å². The first kappa shape index (κ1) is 11.5. The Morgan fingerprint density at radius 3 is 2.11 bits per heavy atom. The Morgan fingerprint density at radius 1 is 1.78 bits per heavy atom. The molecule has 0 aromatic carbocycles. The summed E-state index contributed by atoms with van der Waals surface area (Å²) in [4.78, 5) is 0. The molecule has 2 nitrogen and oxygen atoms in total. The van der Waals surface area contributed by atoms with Crippen LogP contribution in [0, 0.1) is 0 Å². The van der Waals surface area contributed by atoms with Crippen LogP contribution in [0.15, 0.2) is 12.7 Å². The fourth-order valence-corrected chi connectivity index (χ4v) is 0.241. The molecule has 0 fully saturated rings. The van der Waals surface area contributed by atoms with E-state index in [0.29, 0.717) is 6.61 Å². The maximum atomic E-state index is 8.43. The molecule has 0 radical (unpaired) electrons. The van der Waals surface area contributed by atoms with E-state index >= 15 is 0 Å². The van der Waals surface area contributed by atoms with Gasteiger partial charge in [0.25, 0.3) is 0 Å². The fourth-order valence-electron chi connectivity index (χ4n) is 0.241. The molecule has 0 aliphatic heterocycles. The normalized spacial score (nSPS) is 11.1. The molecule has 56 valence electrons. The number of hydrogen-bond acceptors (Lipinski definition) is 2. The predicted molar refractivity (Wildman–Crippen MR) is 39.4 cm³/mol. The van der Waals surface area contributed by atoms with Crippen molar-refractivity contribution in [2.24, 2.45) is 0 Å². The largest absolute Gasteiger partial charge is 0.391 e. The zero-order chi connectivity index (χ0) is 7.70. The number of hydrogen-bond donors (Lipinski definition) is 1. The average Bonchev–Trinajstić information content (AvgIpc) is 1.67. The van der Waals surface area contributed by atoms with Gasteiger partial charge in [-0.15, -0.1) is 6.58 Å². The van der Waals surface area contributed by atoms with E-state index in [0.717, 1.165) is 0 Å². The van der Waals surface area contributed by atoms with E-state index in [2.05, 4.69) is 11.3 Å². The van der Waals surface area contributed by atoms with E-state index in [1.165, 1.54) is 0 Å². The molecule has 0 bridgehead atoms. The van der Waals surface area contributed by atoms with Crippen LogP contribution in [0.3, 0.4) is 0 Å². The van der Waals surface area contributed by atoms with Gasteiger partial charge in [-0.2, -0.15) is 0 Å². The summed E-state index contributed by atoms with van der Waals surface area (Å²) in [7, 11) is 1.56. The summed E-state index contributed by atoms with van der Waals surface area (Å²) in [6, 6.07) is 0. The molecule has 1 atom stereocenters. The molecular weight excluding hydrogens is 116 g/mol. The molecule has 0 aliphatic rings. The van der Waals surface area contributed by atoms with Gasteiger partial charge in [-0.3, -0.25) is 0 Å². The van der Waals surface area contributed by atoms with Gasteiger partial charge in [0.05, 0.1) is 12.7 Å². The lowest BCUT2D eigenvalue weighted by molar-refractivity contribution is 0.0765. The van der Waals surface area contributed by atoms with E-state index in [4.69, 9.17) is 5.11 Å². The average molecular weight is 132 g/mol. The van der Waals surface area contributed by atoms with Crippen LogP contribution >= 0.6 is 0 Å². The Kier molecular flexibility index (Phi) is 13.5. The zero-order valence-corrected chi connectivity index (χ0v) is 6.42. The van der Waals surface area contributed by atoms with Crippen LogP contribution in [0.4, 0.5) is 0 Å². The minimum absolute atomic E-state index is 0.324. The van der Waals surface area contributed by atoms with Gasteiger partial charge >= 0.3 is 0 Å². The van der Waals surface area contributed by atoms with Gasteiger partial charge < -0.3 is 9.84 Å². The van der Waals surface area contributed by atoms with E-state index in [1.807, 2.05) is 6.92 Å². The highest BCUT2D eigenvalue weighted by molar-refractivity contribution is 4.51. The highest BCUT2D eigenvalue weighted by Gasteiger charge is 1.87. The third kappa shape index (κ3) is 34.7. The van der Waals surface area contributed by atoms with Gasteiger partial charge in [-0.1, -0.05) is 6.08 Å². The zero-order valence-electron chi connectivity index (χ0n) is 6.42. The lowest BCUT2D eigenvalue weighted by Crippen LogP contribution is -2.07. The van der Waals surface area contributed by atoms with Gasteiger partial charge in [-0.25, -0.2) is 0 Å². The summed E-state index contributed by atoms with van der Waals surface area (Å²) < 4.78 is 4.55. The molecule has 1 unspecified atom stereocenters. The van der Waals surface area contributed by atoms with Crippen molar-refractivity contribution in [2.75, 3.05) is 13.7 Å². The minimum atomic E-state index is -0.324. The summed E-state index contributed by atoms with van der Waals surface area (Å²) in [5, 5.41) is 8.43. The Labute approximate surface area is 57.2 Å². The Balaban J connectivity index is 0. The number of rotatable bonds is 2. The molecule has 2 heteroatoms. The number of ether oxygens (including phenoxy) is 1. The molecule has 1 N–H and O–H groups in total. The molecule has 0 heterocycles. The van der Waals surface area contributed by atoms with Crippen LogP contribution in [0.1, 0.15) is 13.8 Å². The van der Waals surface area contributed by atoms with Crippen molar-refractivity contribution in [3.8, 4) is 0 Å². The molecule has 0 saturated carbocycles. The van der Waals surface area contributed by atoms with E-state index in [9.17, 15) is 0 Å². The van der Waals surface area contributed by atoms with Gasteiger partial charge in [0.1, 0.15) is 0 Å². The molecule has 0 aromatic rings. The Bertz CT molecular complexity index is 50.9. The van der Waals surface area contributed by atoms with E-state index in [1.54, 1.807) is 20.1 Å². The predicted octanol–water partition coefficient (Wildman–Crippen LogP) is 1.21. The third-order valence-corrected chi connectivity index (χ3v) is 0.408. The molecule has 0 aliphatic carbocycles. The Morgan fingerprint density at radius 2 is 2.11 bits per heavy atom. The van der Waals surface area contributed by atoms with Gasteiger partial charge in [0, 0.05) is 7.11 Å². The van der Waals surface area contributed by atoms with Crippen molar-refractivity contribution in [3.63, 3.8) is 0 Å². The number of methoxy groups -OCH3 is 1. The summed E-state index contributed by atoms with van der Waals surface area (Å²) in [6.45, 7) is 7.36. The molecule has 9 heavy (non-hydrogen) atoms. The first-order valence-corrected chi connectivity index (χ1v) is 2.93. The van der Waals surface area contributed by atoms with Crippen molar-refractivity contribution < 1.29 is 9.84 Å². The summed E-state index contributed by atoms with van der Waals surface area (Å²) in [6.07, 6.45) is 1.43. The molecule has 0 spiro atoms. The Hall–Kier alpha value is -0.340. The quantitative estimate of drug-likeness (QED) is 0.572. The fraction of sp³-hybridized carbons (Fsp3) is 0.714. The number of aliphatic hydroxyl groups excluding tert-OH is 1. The number of allylic oxidation sites excluding steroid dienone is 1. The summed E-state index contributed by atoms with van der Waals surface area (Å²) in [5.74, 6) is 0. The first-order chi connectivity index (χ1) is 4.18. The van der Waals surface area contributed by atoms with Gasteiger partial charge in [0.15, 0.2) is 0 Å². The first-order valence-electron chi connectivity index (χ1n) is 2.93. The van der Waals surface area contributed by atoms with Crippen molar-refractivity contribution in [1.29, 1.82) is 0 Å². The highest BCUT2D eigenvalue weighted by Crippen LogP contribution is 1.75. The standard InChI is InChI=1S/C4H10O2.C3H6/c1-4(5)3-6-2;1-3-2/h4-5H,3H2,1-2H3;3H,1H2,2H3. The van der Waals surface area contributed by atoms with E-state index < -0.39 is 0 Å². The second-order valence-corrected chi connectivity index (χ2v) is 1.71. The summed E-state index contributed by atoms with van der Waals surface area (Å²) >= 11 is 0. The second-order valence-electron chi connectivity index (χ2n) is 1.71. The van der Waals surface area contributed by atoms with Crippen LogP contribution in [-0.2, 0) is 4.74 Å². The minimum Gasteiger partial charge on any atom is -0.391 e. The third-order valence-electron chi connectivity index (χ3n) is 0.408. The smallest absolute Gasteiger partial charge is 0.0745 e. The maximum Gasteiger partial charge on any atom is 0.0745 e. The molecule has 0 saturated heterocycles. The van der Waals surface area contributed by atoms with E-state index in [-0.39, 0.29) is 6.10 Å². The molecular formula is C7H16O2.